The molecule has 0 saturated carbocycles. The molecule has 0 bridgehead atoms. The SMILES string of the molecule is Br.Oc1ccc[n+](Cc2ccccc2Br)c1. The fraction of sp³-hybridized carbons (Fsp3) is 0.0833. The Morgan fingerprint density at radius 3 is 2.56 bits per heavy atom. The highest BCUT2D eigenvalue weighted by Crippen LogP contribution is 2.15. The zero-order chi connectivity index (χ0) is 10.7. The second-order valence-electron chi connectivity index (χ2n) is 3.33. The topological polar surface area (TPSA) is 24.1 Å². The molecule has 0 aliphatic carbocycles. The van der Waals surface area contributed by atoms with E-state index >= 15 is 0 Å². The molecule has 16 heavy (non-hydrogen) atoms. The van der Waals surface area contributed by atoms with Crippen molar-refractivity contribution in [3.63, 3.8) is 0 Å². The summed E-state index contributed by atoms with van der Waals surface area (Å²) in [5.41, 5.74) is 1.19. The molecule has 0 atom stereocenters. The zero-order valence-electron chi connectivity index (χ0n) is 8.51. The predicted octanol–water partition coefficient (Wildman–Crippen LogP) is 3.07. The molecule has 1 heterocycles. The van der Waals surface area contributed by atoms with Gasteiger partial charge in [0.1, 0.15) is 0 Å². The summed E-state index contributed by atoms with van der Waals surface area (Å²) in [6.45, 7) is 0.746. The molecule has 0 saturated heterocycles. The van der Waals surface area contributed by atoms with Crippen LogP contribution in [-0.4, -0.2) is 5.11 Å². The molecule has 0 amide bonds. The molecule has 2 aromatic rings. The van der Waals surface area contributed by atoms with Crippen molar-refractivity contribution in [2.24, 2.45) is 0 Å². The summed E-state index contributed by atoms with van der Waals surface area (Å²) in [5, 5.41) is 9.33. The number of hydrogen-bond acceptors (Lipinski definition) is 1. The first kappa shape index (κ1) is 13.2. The Morgan fingerprint density at radius 2 is 1.88 bits per heavy atom. The van der Waals surface area contributed by atoms with Crippen LogP contribution in [0.15, 0.2) is 53.3 Å². The molecule has 0 aliphatic heterocycles. The molecule has 0 radical (unpaired) electrons. The molecule has 0 fully saturated rings. The highest BCUT2D eigenvalue weighted by atomic mass is 79.9. The van der Waals surface area contributed by atoms with Crippen molar-refractivity contribution in [1.82, 2.24) is 0 Å². The van der Waals surface area contributed by atoms with Gasteiger partial charge in [0.25, 0.3) is 0 Å². The van der Waals surface area contributed by atoms with Gasteiger partial charge in [0.05, 0.1) is 0 Å². The van der Waals surface area contributed by atoms with Gasteiger partial charge in [-0.2, -0.15) is 4.57 Å². The summed E-state index contributed by atoms with van der Waals surface area (Å²) in [7, 11) is 0. The average molecular weight is 346 g/mol. The Labute approximate surface area is 113 Å². The van der Waals surface area contributed by atoms with Crippen molar-refractivity contribution in [3.8, 4) is 5.75 Å². The molecule has 84 valence electrons. The first-order chi connectivity index (χ1) is 7.25. The Hall–Kier alpha value is -0.870. The maximum atomic E-state index is 9.33. The zero-order valence-corrected chi connectivity index (χ0v) is 11.8. The standard InChI is InChI=1S/C12H10BrNO.BrH/c13-12-6-2-1-4-10(12)8-14-7-3-5-11(15)9-14;/h1-7,9H,8H2;1H/p+1. The van der Waals surface area contributed by atoms with E-state index in [2.05, 4.69) is 22.0 Å². The van der Waals surface area contributed by atoms with Gasteiger partial charge < -0.3 is 5.11 Å². The summed E-state index contributed by atoms with van der Waals surface area (Å²) in [6.07, 6.45) is 3.64. The smallest absolute Gasteiger partial charge is 0.211 e. The number of benzene rings is 1. The van der Waals surface area contributed by atoms with Crippen LogP contribution in [-0.2, 0) is 6.54 Å². The first-order valence-corrected chi connectivity index (χ1v) is 5.46. The second-order valence-corrected chi connectivity index (χ2v) is 4.18. The van der Waals surface area contributed by atoms with E-state index in [0.29, 0.717) is 0 Å². The van der Waals surface area contributed by atoms with E-state index in [1.54, 1.807) is 12.3 Å². The van der Waals surface area contributed by atoms with Crippen molar-refractivity contribution in [2.45, 2.75) is 6.54 Å². The lowest BCUT2D eigenvalue weighted by Gasteiger charge is -2.00. The molecular weight excluding hydrogens is 334 g/mol. The lowest BCUT2D eigenvalue weighted by atomic mass is 10.2. The predicted molar refractivity (Wildman–Crippen MR) is 71.9 cm³/mol. The van der Waals surface area contributed by atoms with Gasteiger partial charge in [0, 0.05) is 16.1 Å². The van der Waals surface area contributed by atoms with Crippen LogP contribution in [0.25, 0.3) is 0 Å². The van der Waals surface area contributed by atoms with Crippen LogP contribution in [0.2, 0.25) is 0 Å². The van der Waals surface area contributed by atoms with Gasteiger partial charge in [-0.3, -0.25) is 0 Å². The molecule has 1 N–H and O–H groups in total. The molecule has 2 nitrogen and oxygen atoms in total. The second kappa shape index (κ2) is 6.01. The lowest BCUT2D eigenvalue weighted by Crippen LogP contribution is -2.33. The minimum atomic E-state index is 0. The third-order valence-electron chi connectivity index (χ3n) is 2.15. The van der Waals surface area contributed by atoms with Crippen LogP contribution in [0, 0.1) is 0 Å². The van der Waals surface area contributed by atoms with Gasteiger partial charge in [0.2, 0.25) is 6.20 Å². The number of rotatable bonds is 2. The van der Waals surface area contributed by atoms with E-state index in [9.17, 15) is 5.11 Å². The third kappa shape index (κ3) is 3.32. The summed E-state index contributed by atoms with van der Waals surface area (Å²) in [5.74, 6) is 0.282. The van der Waals surface area contributed by atoms with Crippen molar-refractivity contribution < 1.29 is 9.67 Å². The van der Waals surface area contributed by atoms with Crippen LogP contribution >= 0.6 is 32.9 Å². The Balaban J connectivity index is 0.00000128. The summed E-state index contributed by atoms with van der Waals surface area (Å²) >= 11 is 3.50. The number of aromatic nitrogens is 1. The maximum absolute atomic E-state index is 9.33. The van der Waals surface area contributed by atoms with Gasteiger partial charge in [0.15, 0.2) is 18.5 Å². The van der Waals surface area contributed by atoms with E-state index in [1.165, 1.54) is 5.56 Å². The quantitative estimate of drug-likeness (QED) is 0.831. The largest absolute Gasteiger partial charge is 0.503 e. The molecule has 1 aromatic heterocycles. The van der Waals surface area contributed by atoms with Crippen LogP contribution in [0.5, 0.6) is 5.75 Å². The molecule has 4 heteroatoms. The maximum Gasteiger partial charge on any atom is 0.211 e. The van der Waals surface area contributed by atoms with Crippen molar-refractivity contribution in [2.75, 3.05) is 0 Å². The molecule has 0 unspecified atom stereocenters. The van der Waals surface area contributed by atoms with Crippen LogP contribution < -0.4 is 4.57 Å². The summed E-state index contributed by atoms with van der Waals surface area (Å²) in [6, 6.07) is 11.5. The fourth-order valence-corrected chi connectivity index (χ4v) is 1.84. The van der Waals surface area contributed by atoms with Gasteiger partial charge in [-0.05, 0) is 12.1 Å². The Kier molecular flexibility index (Phi) is 4.96. The monoisotopic (exact) mass is 344 g/mol. The molecule has 2 rings (SSSR count). The normalized spacial score (nSPS) is 9.56. The van der Waals surface area contributed by atoms with Gasteiger partial charge >= 0.3 is 0 Å². The minimum Gasteiger partial charge on any atom is -0.503 e. The molecule has 1 aromatic carbocycles. The lowest BCUT2D eigenvalue weighted by molar-refractivity contribution is -0.688. The first-order valence-electron chi connectivity index (χ1n) is 4.67. The number of hydrogen-bond donors (Lipinski definition) is 1. The number of halogens is 2. The van der Waals surface area contributed by atoms with E-state index < -0.39 is 0 Å². The van der Waals surface area contributed by atoms with Gasteiger partial charge in [-0.25, -0.2) is 0 Å². The molecule has 0 aliphatic rings. The highest BCUT2D eigenvalue weighted by molar-refractivity contribution is 9.10. The van der Waals surface area contributed by atoms with Gasteiger partial charge in [-0.15, -0.1) is 17.0 Å². The van der Waals surface area contributed by atoms with Crippen molar-refractivity contribution >= 4 is 32.9 Å². The van der Waals surface area contributed by atoms with Crippen LogP contribution in [0.3, 0.4) is 0 Å². The minimum absolute atomic E-state index is 0. The number of aromatic hydroxyl groups is 1. The van der Waals surface area contributed by atoms with E-state index in [4.69, 9.17) is 0 Å². The van der Waals surface area contributed by atoms with Crippen molar-refractivity contribution in [3.05, 3.63) is 58.8 Å². The third-order valence-corrected chi connectivity index (χ3v) is 2.93. The molecule has 0 spiro atoms. The van der Waals surface area contributed by atoms with E-state index in [1.807, 2.05) is 35.0 Å². The highest BCUT2D eigenvalue weighted by Gasteiger charge is 2.05. The summed E-state index contributed by atoms with van der Waals surface area (Å²) in [4.78, 5) is 0. The number of pyridine rings is 1. The van der Waals surface area contributed by atoms with Crippen molar-refractivity contribution in [1.29, 1.82) is 0 Å². The number of nitrogens with zero attached hydrogens (tertiary/aromatic N) is 1. The van der Waals surface area contributed by atoms with Crippen LogP contribution in [0.1, 0.15) is 5.56 Å². The van der Waals surface area contributed by atoms with E-state index in [0.717, 1.165) is 11.0 Å². The Morgan fingerprint density at radius 1 is 1.12 bits per heavy atom. The van der Waals surface area contributed by atoms with E-state index in [-0.39, 0.29) is 22.7 Å². The average Bonchev–Trinajstić information content (AvgIpc) is 2.22. The van der Waals surface area contributed by atoms with Crippen LogP contribution in [0.4, 0.5) is 0 Å². The summed E-state index contributed by atoms with van der Waals surface area (Å²) < 4.78 is 3.02. The Bertz CT molecular complexity index is 474. The van der Waals surface area contributed by atoms with Gasteiger partial charge in [-0.1, -0.05) is 34.1 Å². The fourth-order valence-electron chi connectivity index (χ4n) is 1.43. The molecular formula is C12H12Br2NO+.